The van der Waals surface area contributed by atoms with Crippen LogP contribution in [0.25, 0.3) is 21.9 Å². The van der Waals surface area contributed by atoms with Crippen molar-refractivity contribution in [2.24, 2.45) is 0 Å². The van der Waals surface area contributed by atoms with Gasteiger partial charge in [-0.15, -0.1) is 0 Å². The number of halogens is 2. The molecule has 0 saturated heterocycles. The normalized spacial score (nSPS) is 11.3. The highest BCUT2D eigenvalue weighted by molar-refractivity contribution is 6.41. The number of hydrogen-bond donors (Lipinski definition) is 2. The zero-order valence-corrected chi connectivity index (χ0v) is 10.7. The van der Waals surface area contributed by atoms with Crippen LogP contribution in [-0.2, 0) is 0 Å². The number of H-pyrrole nitrogens is 1. The van der Waals surface area contributed by atoms with E-state index < -0.39 is 16.9 Å². The number of benzene rings is 1. The second-order valence-corrected chi connectivity index (χ2v) is 4.70. The second kappa shape index (κ2) is 4.01. The maximum Gasteiger partial charge on any atom is 0.339 e. The molecule has 0 bridgehead atoms. The molecule has 2 N–H and O–H groups in total. The number of aromatic nitrogens is 1. The second-order valence-electron chi connectivity index (χ2n) is 3.89. The number of hydrogen-bond acceptors (Lipinski definition) is 4. The summed E-state index contributed by atoms with van der Waals surface area (Å²) < 4.78 is 4.99. The maximum atomic E-state index is 11.9. The first-order valence-electron chi connectivity index (χ1n) is 5.16. The first-order valence-corrected chi connectivity index (χ1v) is 5.91. The lowest BCUT2D eigenvalue weighted by Crippen LogP contribution is -2.09. The summed E-state index contributed by atoms with van der Waals surface area (Å²) in [5.74, 6) is -0.467. The minimum Gasteiger partial charge on any atom is -0.507 e. The van der Waals surface area contributed by atoms with Gasteiger partial charge in [-0.25, -0.2) is 4.79 Å². The van der Waals surface area contributed by atoms with E-state index >= 15 is 0 Å². The Morgan fingerprint density at radius 2 is 1.79 bits per heavy atom. The van der Waals surface area contributed by atoms with Gasteiger partial charge >= 0.3 is 5.63 Å². The standard InChI is InChI=1S/C12H5Cl2NO4/c13-4-1-2-5(14)10-8(4)11-9(12(18)15-10)6(16)3-7(17)19-11/h1-3,16H,(H,15,18). The van der Waals surface area contributed by atoms with Gasteiger partial charge in [-0.2, -0.15) is 0 Å². The van der Waals surface area contributed by atoms with Crippen molar-refractivity contribution in [3.05, 3.63) is 49.0 Å². The molecule has 3 rings (SSSR count). The van der Waals surface area contributed by atoms with Crippen LogP contribution < -0.4 is 11.2 Å². The molecule has 3 aromatic rings. The molecule has 0 aliphatic carbocycles. The van der Waals surface area contributed by atoms with Crippen molar-refractivity contribution < 1.29 is 9.52 Å². The molecule has 1 aromatic carbocycles. The van der Waals surface area contributed by atoms with E-state index in [1.165, 1.54) is 12.1 Å². The molecular formula is C12H5Cl2NO4. The molecule has 7 heteroatoms. The summed E-state index contributed by atoms with van der Waals surface area (Å²) in [6, 6.07) is 3.84. The maximum absolute atomic E-state index is 11.9. The Bertz CT molecular complexity index is 942. The highest BCUT2D eigenvalue weighted by atomic mass is 35.5. The van der Waals surface area contributed by atoms with Crippen molar-refractivity contribution in [3.8, 4) is 5.75 Å². The van der Waals surface area contributed by atoms with Crippen LogP contribution in [-0.4, -0.2) is 10.1 Å². The predicted octanol–water partition coefficient (Wildman–Crippen LogP) is 2.65. The van der Waals surface area contributed by atoms with Gasteiger partial charge in [0.2, 0.25) is 0 Å². The molecular weight excluding hydrogens is 293 g/mol. The quantitative estimate of drug-likeness (QED) is 0.625. The van der Waals surface area contributed by atoms with Crippen LogP contribution in [0.15, 0.2) is 32.2 Å². The monoisotopic (exact) mass is 297 g/mol. The van der Waals surface area contributed by atoms with Gasteiger partial charge < -0.3 is 14.5 Å². The van der Waals surface area contributed by atoms with E-state index in [1.807, 2.05) is 0 Å². The zero-order valence-electron chi connectivity index (χ0n) is 9.16. The number of aromatic amines is 1. The molecule has 2 aromatic heterocycles. The molecule has 0 aliphatic heterocycles. The van der Waals surface area contributed by atoms with Crippen molar-refractivity contribution in [1.29, 1.82) is 0 Å². The third-order valence-electron chi connectivity index (χ3n) is 2.74. The average molecular weight is 298 g/mol. The smallest absolute Gasteiger partial charge is 0.339 e. The number of aromatic hydroxyl groups is 1. The molecule has 2 heterocycles. The third kappa shape index (κ3) is 1.70. The van der Waals surface area contributed by atoms with Gasteiger partial charge in [0.05, 0.1) is 27.0 Å². The number of nitrogens with one attached hydrogen (secondary N) is 1. The van der Waals surface area contributed by atoms with Gasteiger partial charge in [0.15, 0.2) is 5.58 Å². The van der Waals surface area contributed by atoms with Crippen molar-refractivity contribution in [2.75, 3.05) is 0 Å². The highest BCUT2D eigenvalue weighted by Gasteiger charge is 2.16. The molecule has 0 aliphatic rings. The topological polar surface area (TPSA) is 83.3 Å². The fraction of sp³-hybridized carbons (Fsp3) is 0. The first-order chi connectivity index (χ1) is 8.99. The molecule has 0 radical (unpaired) electrons. The summed E-state index contributed by atoms with van der Waals surface area (Å²) in [6.45, 7) is 0. The zero-order chi connectivity index (χ0) is 13.7. The van der Waals surface area contributed by atoms with E-state index in [4.69, 9.17) is 27.6 Å². The molecule has 96 valence electrons. The fourth-order valence-corrected chi connectivity index (χ4v) is 2.40. The lowest BCUT2D eigenvalue weighted by Gasteiger charge is -2.06. The van der Waals surface area contributed by atoms with Crippen molar-refractivity contribution >= 4 is 45.1 Å². The Morgan fingerprint density at radius 1 is 1.11 bits per heavy atom. The molecule has 0 spiro atoms. The summed E-state index contributed by atoms with van der Waals surface area (Å²) in [4.78, 5) is 25.8. The van der Waals surface area contributed by atoms with Gasteiger partial charge in [-0.3, -0.25) is 4.79 Å². The van der Waals surface area contributed by atoms with Crippen LogP contribution in [0.2, 0.25) is 10.0 Å². The van der Waals surface area contributed by atoms with Gasteiger partial charge in [0.25, 0.3) is 5.56 Å². The Labute approximate surface area is 115 Å². The summed E-state index contributed by atoms with van der Waals surface area (Å²) in [7, 11) is 0. The van der Waals surface area contributed by atoms with Gasteiger partial charge in [-0.05, 0) is 12.1 Å². The van der Waals surface area contributed by atoms with E-state index in [2.05, 4.69) is 4.98 Å². The number of pyridine rings is 1. The minimum atomic E-state index is -0.784. The predicted molar refractivity (Wildman–Crippen MR) is 72.3 cm³/mol. The molecule has 0 saturated carbocycles. The van der Waals surface area contributed by atoms with Crippen LogP contribution in [0.5, 0.6) is 5.75 Å². The molecule has 0 fully saturated rings. The largest absolute Gasteiger partial charge is 0.507 e. The minimum absolute atomic E-state index is 0.0868. The fourth-order valence-electron chi connectivity index (χ4n) is 1.95. The molecule has 0 amide bonds. The summed E-state index contributed by atoms with van der Waals surface area (Å²) >= 11 is 12.0. The van der Waals surface area contributed by atoms with E-state index in [0.29, 0.717) is 0 Å². The summed E-state index contributed by atoms with van der Waals surface area (Å²) in [5, 5.41) is 10.3. The van der Waals surface area contributed by atoms with Crippen molar-refractivity contribution in [2.45, 2.75) is 0 Å². The van der Waals surface area contributed by atoms with Crippen LogP contribution >= 0.6 is 23.2 Å². The SMILES string of the molecule is O=c1cc(O)c2c(=O)[nH]c3c(Cl)ccc(Cl)c3c2o1. The van der Waals surface area contributed by atoms with Gasteiger partial charge in [0.1, 0.15) is 11.1 Å². The highest BCUT2D eigenvalue weighted by Crippen LogP contribution is 2.33. The molecule has 0 unspecified atom stereocenters. The Balaban J connectivity index is 2.79. The van der Waals surface area contributed by atoms with E-state index in [1.54, 1.807) is 0 Å². The first kappa shape index (κ1) is 12.1. The average Bonchev–Trinajstić information content (AvgIpc) is 2.32. The van der Waals surface area contributed by atoms with Crippen LogP contribution in [0, 0.1) is 0 Å². The van der Waals surface area contributed by atoms with E-state index in [9.17, 15) is 14.7 Å². The van der Waals surface area contributed by atoms with E-state index in [0.717, 1.165) is 6.07 Å². The Kier molecular flexibility index (Phi) is 2.55. The number of fused-ring (bicyclic) bond motifs is 3. The van der Waals surface area contributed by atoms with Crippen molar-refractivity contribution in [1.82, 2.24) is 4.98 Å². The molecule has 19 heavy (non-hydrogen) atoms. The third-order valence-corrected chi connectivity index (χ3v) is 3.37. The van der Waals surface area contributed by atoms with Gasteiger partial charge in [0, 0.05) is 0 Å². The summed E-state index contributed by atoms with van der Waals surface area (Å²) in [5.41, 5.74) is -1.24. The Morgan fingerprint density at radius 3 is 2.53 bits per heavy atom. The van der Waals surface area contributed by atoms with Crippen LogP contribution in [0.1, 0.15) is 0 Å². The van der Waals surface area contributed by atoms with Crippen LogP contribution in [0.3, 0.4) is 0 Å². The molecule has 5 nitrogen and oxygen atoms in total. The lowest BCUT2D eigenvalue weighted by molar-refractivity contribution is 0.468. The Hall–Kier alpha value is -1.98. The van der Waals surface area contributed by atoms with Gasteiger partial charge in [-0.1, -0.05) is 23.2 Å². The number of rotatable bonds is 0. The summed E-state index contributed by atoms with van der Waals surface area (Å²) in [6.07, 6.45) is 0. The van der Waals surface area contributed by atoms with E-state index in [-0.39, 0.29) is 31.9 Å². The van der Waals surface area contributed by atoms with Crippen LogP contribution in [0.4, 0.5) is 0 Å². The molecule has 0 atom stereocenters. The lowest BCUT2D eigenvalue weighted by atomic mass is 10.1. The van der Waals surface area contributed by atoms with Crippen molar-refractivity contribution in [3.63, 3.8) is 0 Å².